The SMILES string of the molecule is CC.CC/C=C(C=NC)/C(N)=C/N(N)CC(=O)NC1Cc2cccc(C(=O)O)c2OB1O. The minimum atomic E-state index is -1.39. The van der Waals surface area contributed by atoms with E-state index in [1.54, 1.807) is 25.4 Å². The number of allylic oxidation sites excluding steroid dienone is 2. The van der Waals surface area contributed by atoms with E-state index in [0.717, 1.165) is 11.4 Å². The van der Waals surface area contributed by atoms with Gasteiger partial charge in [-0.3, -0.25) is 9.79 Å². The molecular weight excluding hydrogens is 413 g/mol. The molecule has 0 aliphatic carbocycles. The third-order valence-electron chi connectivity index (χ3n) is 4.35. The molecule has 0 fully saturated rings. The van der Waals surface area contributed by atoms with E-state index >= 15 is 0 Å². The number of hydrazine groups is 1. The fourth-order valence-corrected chi connectivity index (χ4v) is 3.04. The van der Waals surface area contributed by atoms with Gasteiger partial charge in [0.05, 0.1) is 17.2 Å². The monoisotopic (exact) mass is 445 g/mol. The minimum Gasteiger partial charge on any atom is -0.534 e. The first-order valence-corrected chi connectivity index (χ1v) is 10.4. The zero-order valence-electron chi connectivity index (χ0n) is 18.9. The number of nitrogens with zero attached hydrogens (tertiary/aromatic N) is 2. The molecule has 1 unspecified atom stereocenters. The zero-order valence-corrected chi connectivity index (χ0v) is 18.9. The highest BCUT2D eigenvalue weighted by Gasteiger charge is 2.37. The maximum absolute atomic E-state index is 12.4. The summed E-state index contributed by atoms with van der Waals surface area (Å²) in [6, 6.07) is 4.65. The first kappa shape index (κ1) is 26.7. The summed E-state index contributed by atoms with van der Waals surface area (Å²) in [4.78, 5) is 27.6. The van der Waals surface area contributed by atoms with Crippen molar-refractivity contribution in [3.63, 3.8) is 0 Å². The molecular formula is C21H32BN5O5. The van der Waals surface area contributed by atoms with Crippen molar-refractivity contribution in [1.29, 1.82) is 0 Å². The molecule has 1 heterocycles. The van der Waals surface area contributed by atoms with E-state index < -0.39 is 24.9 Å². The van der Waals surface area contributed by atoms with Gasteiger partial charge >= 0.3 is 13.1 Å². The van der Waals surface area contributed by atoms with Gasteiger partial charge in [-0.25, -0.2) is 10.6 Å². The molecule has 1 amide bonds. The number of carbonyl (C=O) groups excluding carboxylic acids is 1. The summed E-state index contributed by atoms with van der Waals surface area (Å²) in [6.07, 6.45) is 5.87. The van der Waals surface area contributed by atoms with E-state index in [1.807, 2.05) is 26.8 Å². The van der Waals surface area contributed by atoms with Crippen molar-refractivity contribution in [2.24, 2.45) is 16.6 Å². The fraction of sp³-hybridized carbons (Fsp3) is 0.381. The maximum atomic E-state index is 12.4. The van der Waals surface area contributed by atoms with E-state index in [1.165, 1.54) is 12.3 Å². The van der Waals surface area contributed by atoms with Crippen LogP contribution in [0.25, 0.3) is 0 Å². The lowest BCUT2D eigenvalue weighted by Gasteiger charge is -2.29. The number of benzene rings is 1. The van der Waals surface area contributed by atoms with E-state index in [9.17, 15) is 19.7 Å². The molecule has 11 heteroatoms. The first-order valence-electron chi connectivity index (χ1n) is 10.4. The second kappa shape index (κ2) is 13.2. The molecule has 7 N–H and O–H groups in total. The molecule has 174 valence electrons. The van der Waals surface area contributed by atoms with E-state index in [4.69, 9.17) is 16.2 Å². The Labute approximate surface area is 188 Å². The van der Waals surface area contributed by atoms with E-state index in [0.29, 0.717) is 16.8 Å². The van der Waals surface area contributed by atoms with Crippen molar-refractivity contribution in [3.05, 3.63) is 52.9 Å². The lowest BCUT2D eigenvalue weighted by atomic mass is 9.72. The van der Waals surface area contributed by atoms with Gasteiger partial charge in [-0.2, -0.15) is 0 Å². The molecule has 1 aliphatic rings. The molecule has 0 radical (unpaired) electrons. The number of hydrogen-bond acceptors (Lipinski definition) is 8. The normalized spacial score (nSPS) is 15.9. The average Bonchev–Trinajstić information content (AvgIpc) is 2.74. The average molecular weight is 445 g/mol. The van der Waals surface area contributed by atoms with Crippen LogP contribution in [0.1, 0.15) is 43.1 Å². The highest BCUT2D eigenvalue weighted by Crippen LogP contribution is 2.30. The number of fused-ring (bicyclic) bond motifs is 1. The van der Waals surface area contributed by atoms with Crippen LogP contribution in [0, 0.1) is 0 Å². The summed E-state index contributed by atoms with van der Waals surface area (Å²) in [5.74, 6) is 3.59. The highest BCUT2D eigenvalue weighted by molar-refractivity contribution is 6.47. The summed E-state index contributed by atoms with van der Waals surface area (Å²) in [7, 11) is 0.230. The zero-order chi connectivity index (χ0) is 24.3. The summed E-state index contributed by atoms with van der Waals surface area (Å²) >= 11 is 0. The molecule has 1 aromatic carbocycles. The van der Waals surface area contributed by atoms with Crippen LogP contribution in [0.15, 0.2) is 46.7 Å². The van der Waals surface area contributed by atoms with Gasteiger partial charge in [-0.05, 0) is 24.5 Å². The van der Waals surface area contributed by atoms with Crippen molar-refractivity contribution >= 4 is 25.2 Å². The molecule has 1 aromatic rings. The van der Waals surface area contributed by atoms with Crippen LogP contribution in [-0.2, 0) is 11.2 Å². The van der Waals surface area contributed by atoms with Crippen molar-refractivity contribution in [2.45, 2.75) is 39.6 Å². The number of nitrogens with one attached hydrogen (secondary N) is 1. The molecule has 1 atom stereocenters. The van der Waals surface area contributed by atoms with Gasteiger partial charge < -0.3 is 30.8 Å². The van der Waals surface area contributed by atoms with Gasteiger partial charge in [0.25, 0.3) is 0 Å². The Morgan fingerprint density at radius 3 is 2.69 bits per heavy atom. The number of nitrogens with two attached hydrogens (primary N) is 2. The fourth-order valence-electron chi connectivity index (χ4n) is 3.04. The van der Waals surface area contributed by atoms with Crippen LogP contribution in [0.2, 0.25) is 0 Å². The molecule has 32 heavy (non-hydrogen) atoms. The number of rotatable bonds is 8. The third kappa shape index (κ3) is 7.43. The number of aliphatic imine (C=N–C) groups is 1. The van der Waals surface area contributed by atoms with E-state index in [-0.39, 0.29) is 24.3 Å². The van der Waals surface area contributed by atoms with Gasteiger partial charge in [0.1, 0.15) is 12.3 Å². The second-order valence-electron chi connectivity index (χ2n) is 6.70. The number of amides is 1. The number of carbonyl (C=O) groups is 2. The quantitative estimate of drug-likeness (QED) is 0.129. The number of carboxylic acids is 1. The number of para-hydroxylation sites is 1. The van der Waals surface area contributed by atoms with Crippen LogP contribution in [-0.4, -0.2) is 59.9 Å². The van der Waals surface area contributed by atoms with Gasteiger partial charge in [0.2, 0.25) is 5.91 Å². The molecule has 0 aromatic heterocycles. The van der Waals surface area contributed by atoms with Crippen LogP contribution in [0.5, 0.6) is 5.75 Å². The Kier molecular flexibility index (Phi) is 11.0. The lowest BCUT2D eigenvalue weighted by Crippen LogP contribution is -2.55. The lowest BCUT2D eigenvalue weighted by molar-refractivity contribution is -0.122. The molecule has 0 saturated carbocycles. The van der Waals surface area contributed by atoms with Crippen molar-refractivity contribution < 1.29 is 24.4 Å². The Bertz CT molecular complexity index is 887. The van der Waals surface area contributed by atoms with Gasteiger partial charge in [0.15, 0.2) is 0 Å². The molecule has 1 aliphatic heterocycles. The van der Waals surface area contributed by atoms with Crippen LogP contribution in [0.3, 0.4) is 0 Å². The number of carboxylic acid groups (broad SMARTS) is 1. The summed E-state index contributed by atoms with van der Waals surface area (Å²) < 4.78 is 5.35. The van der Waals surface area contributed by atoms with Gasteiger partial charge in [-0.15, -0.1) is 0 Å². The second-order valence-corrected chi connectivity index (χ2v) is 6.70. The highest BCUT2D eigenvalue weighted by atomic mass is 16.5. The molecule has 10 nitrogen and oxygen atoms in total. The van der Waals surface area contributed by atoms with Gasteiger partial charge in [0, 0.05) is 25.0 Å². The smallest absolute Gasteiger partial charge is 0.534 e. The Balaban J connectivity index is 0.00000249. The van der Waals surface area contributed by atoms with Crippen molar-refractivity contribution in [3.8, 4) is 5.75 Å². The topological polar surface area (TPSA) is 163 Å². The Hall–Kier alpha value is -3.31. The minimum absolute atomic E-state index is 0.0448. The van der Waals surface area contributed by atoms with Crippen LogP contribution < -0.4 is 21.5 Å². The van der Waals surface area contributed by atoms with Crippen molar-refractivity contribution in [1.82, 2.24) is 10.3 Å². The molecule has 0 bridgehead atoms. The summed E-state index contributed by atoms with van der Waals surface area (Å²) in [5.41, 5.74) is 7.58. The largest absolute Gasteiger partial charge is 0.547 e. The molecule has 0 spiro atoms. The first-order chi connectivity index (χ1) is 15.3. The molecule has 2 rings (SSSR count). The van der Waals surface area contributed by atoms with Crippen molar-refractivity contribution in [2.75, 3.05) is 13.6 Å². The number of aromatic carboxylic acids is 1. The standard InChI is InChI=1S/C19H26BN5O5.C2H6/c1-3-5-13(9-23-2)15(21)10-25(22)11-17(26)24-16-8-12-6-4-7-14(19(27)28)18(12)30-20(16)29;1-2/h4-7,9-10,16,29H,3,8,11,21-22H2,1-2H3,(H,24,26)(H,27,28);1-2H3/b13-5+,15-10-,23-9?;. The molecule has 0 saturated heterocycles. The predicted octanol–water partition coefficient (Wildman–Crippen LogP) is 0.863. The Morgan fingerprint density at radius 2 is 2.09 bits per heavy atom. The Morgan fingerprint density at radius 1 is 1.41 bits per heavy atom. The van der Waals surface area contributed by atoms with Gasteiger partial charge in [-0.1, -0.05) is 39.0 Å². The number of hydrogen-bond donors (Lipinski definition) is 5. The maximum Gasteiger partial charge on any atom is 0.547 e. The summed E-state index contributed by atoms with van der Waals surface area (Å²) in [6.45, 7) is 5.74. The van der Waals surface area contributed by atoms with E-state index in [2.05, 4.69) is 10.3 Å². The summed E-state index contributed by atoms with van der Waals surface area (Å²) in [5, 5.41) is 23.2. The van der Waals surface area contributed by atoms with Crippen LogP contribution in [0.4, 0.5) is 0 Å². The third-order valence-corrected chi connectivity index (χ3v) is 4.35. The van der Waals surface area contributed by atoms with Crippen LogP contribution >= 0.6 is 0 Å². The predicted molar refractivity (Wildman–Crippen MR) is 125 cm³/mol.